The Bertz CT molecular complexity index is 1220. The normalized spacial score (nSPS) is 18.8. The fraction of sp³-hybridized carbons (Fsp3) is 0.379. The lowest BCUT2D eigenvalue weighted by Crippen LogP contribution is -2.47. The van der Waals surface area contributed by atoms with E-state index in [2.05, 4.69) is 59.2 Å². The van der Waals surface area contributed by atoms with E-state index in [-0.39, 0.29) is 6.04 Å². The second-order valence-electron chi connectivity index (χ2n) is 9.53. The number of amides is 1. The lowest BCUT2D eigenvalue weighted by atomic mass is 10.0. The van der Waals surface area contributed by atoms with Gasteiger partial charge in [-0.3, -0.25) is 14.7 Å². The van der Waals surface area contributed by atoms with Gasteiger partial charge in [-0.25, -0.2) is 0 Å². The fourth-order valence-corrected chi connectivity index (χ4v) is 5.03. The summed E-state index contributed by atoms with van der Waals surface area (Å²) in [6.45, 7) is 7.23. The molecule has 2 aliphatic heterocycles. The van der Waals surface area contributed by atoms with Crippen LogP contribution in [0.4, 0.5) is 11.4 Å². The summed E-state index contributed by atoms with van der Waals surface area (Å²) in [7, 11) is 1.68. The van der Waals surface area contributed by atoms with Gasteiger partial charge in [-0.15, -0.1) is 0 Å². The number of aliphatic imine (C=N–C) groups is 1. The van der Waals surface area contributed by atoms with E-state index in [4.69, 9.17) is 14.5 Å². The third kappa shape index (κ3) is 5.31. The maximum atomic E-state index is 11.3. The zero-order chi connectivity index (χ0) is 24.9. The average molecular weight is 487 g/mol. The first-order valence-corrected chi connectivity index (χ1v) is 12.7. The molecule has 2 fully saturated rings. The summed E-state index contributed by atoms with van der Waals surface area (Å²) in [6, 6.07) is 18.9. The Labute approximate surface area is 212 Å². The minimum atomic E-state index is 0.0784. The van der Waals surface area contributed by atoms with Gasteiger partial charge in [-0.05, 0) is 72.5 Å². The van der Waals surface area contributed by atoms with Gasteiger partial charge in [0.2, 0.25) is 6.41 Å². The van der Waals surface area contributed by atoms with Crippen LogP contribution < -0.4 is 14.4 Å². The molecule has 1 unspecified atom stereocenters. The molecule has 0 radical (unpaired) electrons. The van der Waals surface area contributed by atoms with Crippen LogP contribution in [0.25, 0.3) is 10.8 Å². The molecule has 0 aromatic heterocycles. The minimum absolute atomic E-state index is 0.0784. The lowest BCUT2D eigenvalue weighted by molar-refractivity contribution is -0.117. The van der Waals surface area contributed by atoms with Crippen molar-refractivity contribution in [2.24, 2.45) is 4.99 Å². The number of para-hydroxylation sites is 1. The van der Waals surface area contributed by atoms with Crippen molar-refractivity contribution in [2.45, 2.75) is 25.8 Å². The van der Waals surface area contributed by atoms with E-state index in [0.717, 1.165) is 85.5 Å². The Kier molecular flexibility index (Phi) is 7.37. The van der Waals surface area contributed by atoms with E-state index >= 15 is 0 Å². The molecular weight excluding hydrogens is 452 g/mol. The van der Waals surface area contributed by atoms with Crippen molar-refractivity contribution in [2.75, 3.05) is 51.5 Å². The van der Waals surface area contributed by atoms with Crippen LogP contribution in [0, 0.1) is 6.92 Å². The Morgan fingerprint density at radius 3 is 2.47 bits per heavy atom. The van der Waals surface area contributed by atoms with Crippen molar-refractivity contribution >= 4 is 34.8 Å². The summed E-state index contributed by atoms with van der Waals surface area (Å²) >= 11 is 0. The van der Waals surface area contributed by atoms with Crippen LogP contribution in [0.3, 0.4) is 0 Å². The summed E-state index contributed by atoms with van der Waals surface area (Å²) in [5.74, 6) is 1.46. The first-order valence-electron chi connectivity index (χ1n) is 12.7. The predicted octanol–water partition coefficient (Wildman–Crippen LogP) is 4.64. The van der Waals surface area contributed by atoms with Gasteiger partial charge in [0.25, 0.3) is 0 Å². The van der Waals surface area contributed by atoms with E-state index in [1.54, 1.807) is 7.11 Å². The van der Waals surface area contributed by atoms with Gasteiger partial charge < -0.3 is 19.3 Å². The molecule has 5 rings (SSSR count). The summed E-state index contributed by atoms with van der Waals surface area (Å²) in [4.78, 5) is 22.6. The number of hydrogen-bond donors (Lipinski definition) is 0. The molecule has 2 saturated heterocycles. The number of hydrogen-bond acceptors (Lipinski definition) is 6. The maximum absolute atomic E-state index is 11.3. The standard InChI is InChI=1S/C29H34N4O3/c1-22-15-23-17-28(35-2)29(18-24(23)16-27(22)30-19-26-9-6-10-33(26)20-34)36-21-31-11-13-32(14-12-31)25-7-4-3-5-8-25/h3-5,7-8,15-20,26H,6,9-14,21H2,1-2H3. The first kappa shape index (κ1) is 24.1. The van der Waals surface area contributed by atoms with Gasteiger partial charge >= 0.3 is 0 Å². The van der Waals surface area contributed by atoms with Crippen molar-refractivity contribution in [1.29, 1.82) is 0 Å². The number of piperazine rings is 1. The highest BCUT2D eigenvalue weighted by atomic mass is 16.5. The molecule has 0 aliphatic carbocycles. The second kappa shape index (κ2) is 11.0. The number of anilines is 1. The maximum Gasteiger partial charge on any atom is 0.210 e. The number of carbonyl (C=O) groups excluding carboxylic acids is 1. The molecule has 3 aromatic carbocycles. The van der Waals surface area contributed by atoms with E-state index < -0.39 is 0 Å². The molecule has 0 saturated carbocycles. The third-order valence-electron chi connectivity index (χ3n) is 7.20. The van der Waals surface area contributed by atoms with Crippen molar-refractivity contribution in [3.8, 4) is 11.5 Å². The van der Waals surface area contributed by atoms with Crippen LogP contribution in [0.5, 0.6) is 11.5 Å². The number of carbonyl (C=O) groups is 1. The molecule has 0 spiro atoms. The van der Waals surface area contributed by atoms with Crippen molar-refractivity contribution in [3.63, 3.8) is 0 Å². The third-order valence-corrected chi connectivity index (χ3v) is 7.20. The van der Waals surface area contributed by atoms with Crippen molar-refractivity contribution in [1.82, 2.24) is 9.80 Å². The molecule has 0 bridgehead atoms. The Morgan fingerprint density at radius 1 is 0.972 bits per heavy atom. The van der Waals surface area contributed by atoms with Crippen LogP contribution in [-0.2, 0) is 4.79 Å². The fourth-order valence-electron chi connectivity index (χ4n) is 5.03. The quantitative estimate of drug-likeness (QED) is 0.343. The monoisotopic (exact) mass is 486 g/mol. The second-order valence-corrected chi connectivity index (χ2v) is 9.53. The van der Waals surface area contributed by atoms with Crippen molar-refractivity contribution in [3.05, 3.63) is 60.2 Å². The van der Waals surface area contributed by atoms with Crippen LogP contribution in [0.1, 0.15) is 18.4 Å². The average Bonchev–Trinajstić information content (AvgIpc) is 3.39. The van der Waals surface area contributed by atoms with Gasteiger partial charge in [0, 0.05) is 44.6 Å². The Balaban J connectivity index is 1.28. The smallest absolute Gasteiger partial charge is 0.210 e. The molecule has 0 N–H and O–H groups in total. The highest BCUT2D eigenvalue weighted by molar-refractivity contribution is 5.90. The van der Waals surface area contributed by atoms with E-state index in [9.17, 15) is 4.79 Å². The molecule has 1 amide bonds. The topological polar surface area (TPSA) is 57.6 Å². The molecular formula is C29H34N4O3. The number of ether oxygens (including phenoxy) is 2. The number of fused-ring (bicyclic) bond motifs is 1. The number of nitrogens with zero attached hydrogens (tertiary/aromatic N) is 4. The van der Waals surface area contributed by atoms with Gasteiger partial charge in [-0.2, -0.15) is 0 Å². The minimum Gasteiger partial charge on any atom is -0.493 e. The molecule has 7 heteroatoms. The van der Waals surface area contributed by atoms with E-state index in [1.165, 1.54) is 5.69 Å². The van der Waals surface area contributed by atoms with Crippen LogP contribution >= 0.6 is 0 Å². The lowest BCUT2D eigenvalue weighted by Gasteiger charge is -2.35. The molecule has 1 atom stereocenters. The molecule has 188 valence electrons. The Hall–Kier alpha value is -3.58. The molecule has 3 aromatic rings. The largest absolute Gasteiger partial charge is 0.493 e. The SMILES string of the molecule is COc1cc2cc(C)c(N=CC3CCCN3C=O)cc2cc1OCN1CCN(c2ccccc2)CC1. The summed E-state index contributed by atoms with van der Waals surface area (Å²) < 4.78 is 11.9. The number of aryl methyl sites for hydroxylation is 1. The van der Waals surface area contributed by atoms with E-state index in [1.807, 2.05) is 23.2 Å². The number of likely N-dealkylation sites (tertiary alicyclic amines) is 1. The van der Waals surface area contributed by atoms with Crippen molar-refractivity contribution < 1.29 is 14.3 Å². The van der Waals surface area contributed by atoms with Gasteiger partial charge in [0.05, 0.1) is 18.8 Å². The van der Waals surface area contributed by atoms with Gasteiger partial charge in [-0.1, -0.05) is 18.2 Å². The first-order chi connectivity index (χ1) is 17.6. The molecule has 7 nitrogen and oxygen atoms in total. The predicted molar refractivity (Wildman–Crippen MR) is 145 cm³/mol. The summed E-state index contributed by atoms with van der Waals surface area (Å²) in [5, 5.41) is 2.14. The van der Waals surface area contributed by atoms with Gasteiger partial charge in [0.1, 0.15) is 6.73 Å². The highest BCUT2D eigenvalue weighted by Gasteiger charge is 2.21. The summed E-state index contributed by atoms with van der Waals surface area (Å²) in [5.41, 5.74) is 3.27. The number of methoxy groups -OCH3 is 1. The van der Waals surface area contributed by atoms with Crippen LogP contribution in [0.2, 0.25) is 0 Å². The van der Waals surface area contributed by atoms with E-state index in [0.29, 0.717) is 6.73 Å². The highest BCUT2D eigenvalue weighted by Crippen LogP contribution is 2.35. The molecule has 2 heterocycles. The summed E-state index contributed by atoms with van der Waals surface area (Å²) in [6.07, 6.45) is 4.82. The Morgan fingerprint density at radius 2 is 1.72 bits per heavy atom. The molecule has 36 heavy (non-hydrogen) atoms. The zero-order valence-electron chi connectivity index (χ0n) is 21.1. The number of benzene rings is 3. The van der Waals surface area contributed by atoms with Gasteiger partial charge in [0.15, 0.2) is 11.5 Å². The van der Waals surface area contributed by atoms with Crippen LogP contribution in [-0.4, -0.2) is 75.0 Å². The number of rotatable bonds is 8. The zero-order valence-corrected chi connectivity index (χ0v) is 21.1. The molecule has 2 aliphatic rings. The van der Waals surface area contributed by atoms with Crippen LogP contribution in [0.15, 0.2) is 59.6 Å².